The second-order valence-electron chi connectivity index (χ2n) is 5.75. The van der Waals surface area contributed by atoms with E-state index in [1.807, 2.05) is 41.1 Å². The Morgan fingerprint density at radius 2 is 1.54 bits per heavy atom. The molecule has 2 heterocycles. The summed E-state index contributed by atoms with van der Waals surface area (Å²) in [6.07, 6.45) is 0. The topological polar surface area (TPSA) is 56.1 Å². The maximum atomic E-state index is 5.52. The summed E-state index contributed by atoms with van der Waals surface area (Å²) in [5.41, 5.74) is 2.15. The van der Waals surface area contributed by atoms with E-state index >= 15 is 0 Å². The summed E-state index contributed by atoms with van der Waals surface area (Å²) in [4.78, 5) is 2.38. The zero-order valence-electron chi connectivity index (χ0n) is 13.3. The number of rotatable bonds is 4. The summed E-state index contributed by atoms with van der Waals surface area (Å²) in [6.45, 7) is 3.19. The molecule has 0 radical (unpaired) electrons. The van der Waals surface area contributed by atoms with Crippen LogP contribution in [0.5, 0.6) is 0 Å². The van der Waals surface area contributed by atoms with Gasteiger partial charge < -0.3 is 4.74 Å². The van der Waals surface area contributed by atoms with Gasteiger partial charge in [-0.1, -0.05) is 48.5 Å². The van der Waals surface area contributed by atoms with Crippen LogP contribution < -0.4 is 0 Å². The molecule has 24 heavy (non-hydrogen) atoms. The first-order chi connectivity index (χ1) is 11.9. The van der Waals surface area contributed by atoms with Crippen molar-refractivity contribution in [3.05, 3.63) is 72.1 Å². The third-order valence-corrected chi connectivity index (χ3v) is 4.27. The molecule has 1 fully saturated rings. The highest BCUT2D eigenvalue weighted by Crippen LogP contribution is 2.28. The second kappa shape index (κ2) is 6.90. The predicted molar refractivity (Wildman–Crippen MR) is 89.8 cm³/mol. The van der Waals surface area contributed by atoms with Gasteiger partial charge in [-0.25, -0.2) is 0 Å². The minimum Gasteiger partial charge on any atom is -0.379 e. The molecule has 6 nitrogen and oxygen atoms in total. The number of hydrogen-bond acceptors (Lipinski definition) is 5. The molecule has 1 atom stereocenters. The standard InChI is InChI=1S/C18H19N5O/c1-3-7-15(8-4-1)17(22-11-13-24-14-12-22)18-19-20-21-23(18)16-9-5-2-6-10-16/h1-10,17H,11-14H2/t17-/m0/s1. The van der Waals surface area contributed by atoms with Crippen LogP contribution in [-0.4, -0.2) is 51.4 Å². The van der Waals surface area contributed by atoms with E-state index in [0.29, 0.717) is 0 Å². The SMILES string of the molecule is c1ccc([C@@H](c2nnnn2-c2ccccc2)N2CCOCC2)cc1. The van der Waals surface area contributed by atoms with Crippen LogP contribution in [0.15, 0.2) is 60.7 Å². The average molecular weight is 321 g/mol. The molecule has 6 heteroatoms. The Morgan fingerprint density at radius 1 is 0.875 bits per heavy atom. The van der Waals surface area contributed by atoms with E-state index < -0.39 is 0 Å². The van der Waals surface area contributed by atoms with Gasteiger partial charge in [-0.2, -0.15) is 4.68 Å². The molecular formula is C18H19N5O. The van der Waals surface area contributed by atoms with Crippen LogP contribution in [0.1, 0.15) is 17.4 Å². The Morgan fingerprint density at radius 3 is 2.25 bits per heavy atom. The summed E-state index contributed by atoms with van der Waals surface area (Å²) in [5, 5.41) is 12.5. The average Bonchev–Trinajstić information content (AvgIpc) is 3.14. The quantitative estimate of drug-likeness (QED) is 0.736. The molecule has 3 aromatic rings. The van der Waals surface area contributed by atoms with E-state index in [0.717, 1.165) is 37.8 Å². The molecule has 0 N–H and O–H groups in total. The van der Waals surface area contributed by atoms with E-state index in [4.69, 9.17) is 4.74 Å². The molecule has 0 saturated carbocycles. The summed E-state index contributed by atoms with van der Waals surface area (Å²) in [7, 11) is 0. The number of hydrogen-bond donors (Lipinski definition) is 0. The highest BCUT2D eigenvalue weighted by Gasteiger charge is 2.29. The molecule has 2 aromatic carbocycles. The van der Waals surface area contributed by atoms with E-state index in [9.17, 15) is 0 Å². The molecule has 1 aromatic heterocycles. The van der Waals surface area contributed by atoms with Crippen LogP contribution in [0.2, 0.25) is 0 Å². The van der Waals surface area contributed by atoms with Gasteiger partial charge in [0.15, 0.2) is 5.82 Å². The van der Waals surface area contributed by atoms with Crippen molar-refractivity contribution in [2.24, 2.45) is 0 Å². The zero-order chi connectivity index (χ0) is 16.2. The lowest BCUT2D eigenvalue weighted by molar-refractivity contribution is 0.0220. The lowest BCUT2D eigenvalue weighted by Crippen LogP contribution is -2.40. The number of tetrazole rings is 1. The Balaban J connectivity index is 1.78. The lowest BCUT2D eigenvalue weighted by Gasteiger charge is -2.33. The van der Waals surface area contributed by atoms with Gasteiger partial charge in [-0.05, 0) is 28.1 Å². The Bertz CT molecular complexity index is 768. The van der Waals surface area contributed by atoms with Gasteiger partial charge >= 0.3 is 0 Å². The molecule has 0 aliphatic carbocycles. The molecule has 0 unspecified atom stereocenters. The van der Waals surface area contributed by atoms with Crippen LogP contribution in [0.4, 0.5) is 0 Å². The van der Waals surface area contributed by atoms with Crippen molar-refractivity contribution in [1.82, 2.24) is 25.1 Å². The second-order valence-corrected chi connectivity index (χ2v) is 5.75. The zero-order valence-corrected chi connectivity index (χ0v) is 13.3. The minimum atomic E-state index is 0.00491. The lowest BCUT2D eigenvalue weighted by atomic mass is 10.0. The smallest absolute Gasteiger partial charge is 0.178 e. The van der Waals surface area contributed by atoms with Crippen molar-refractivity contribution in [3.63, 3.8) is 0 Å². The monoisotopic (exact) mass is 321 g/mol. The summed E-state index contributed by atoms with van der Waals surface area (Å²) in [5.74, 6) is 0.828. The number of ether oxygens (including phenoxy) is 1. The van der Waals surface area contributed by atoms with E-state index in [1.54, 1.807) is 0 Å². The Labute approximate surface area is 140 Å². The fourth-order valence-corrected chi connectivity index (χ4v) is 3.11. The van der Waals surface area contributed by atoms with Crippen molar-refractivity contribution in [2.45, 2.75) is 6.04 Å². The van der Waals surface area contributed by atoms with Crippen molar-refractivity contribution in [3.8, 4) is 5.69 Å². The van der Waals surface area contributed by atoms with Gasteiger partial charge in [-0.15, -0.1) is 5.10 Å². The first-order valence-corrected chi connectivity index (χ1v) is 8.14. The molecule has 1 aliphatic heterocycles. The first-order valence-electron chi connectivity index (χ1n) is 8.14. The molecular weight excluding hydrogens is 302 g/mol. The molecule has 1 saturated heterocycles. The van der Waals surface area contributed by atoms with Gasteiger partial charge in [-0.3, -0.25) is 4.90 Å². The summed E-state index contributed by atoms with van der Waals surface area (Å²) >= 11 is 0. The first kappa shape index (κ1) is 15.0. The maximum absolute atomic E-state index is 5.52. The van der Waals surface area contributed by atoms with E-state index in [1.165, 1.54) is 5.56 Å². The molecule has 0 spiro atoms. The molecule has 0 amide bonds. The Hall–Kier alpha value is -2.57. The fourth-order valence-electron chi connectivity index (χ4n) is 3.11. The van der Waals surface area contributed by atoms with Crippen LogP contribution in [0.25, 0.3) is 5.69 Å². The highest BCUT2D eigenvalue weighted by atomic mass is 16.5. The normalized spacial score (nSPS) is 16.8. The van der Waals surface area contributed by atoms with Crippen molar-refractivity contribution >= 4 is 0 Å². The van der Waals surface area contributed by atoms with Gasteiger partial charge in [0.05, 0.1) is 24.9 Å². The van der Waals surface area contributed by atoms with E-state index in [2.05, 4.69) is 44.7 Å². The number of aromatic nitrogens is 4. The number of benzene rings is 2. The molecule has 122 valence electrons. The number of para-hydroxylation sites is 1. The predicted octanol–water partition coefficient (Wildman–Crippen LogP) is 2.08. The van der Waals surface area contributed by atoms with E-state index in [-0.39, 0.29) is 6.04 Å². The number of nitrogens with zero attached hydrogens (tertiary/aromatic N) is 5. The van der Waals surface area contributed by atoms with Gasteiger partial charge in [0.25, 0.3) is 0 Å². The van der Waals surface area contributed by atoms with Crippen LogP contribution in [0, 0.1) is 0 Å². The third-order valence-electron chi connectivity index (χ3n) is 4.27. The maximum Gasteiger partial charge on any atom is 0.178 e. The molecule has 4 rings (SSSR count). The van der Waals surface area contributed by atoms with Crippen molar-refractivity contribution in [2.75, 3.05) is 26.3 Å². The van der Waals surface area contributed by atoms with Crippen molar-refractivity contribution < 1.29 is 4.74 Å². The summed E-state index contributed by atoms with van der Waals surface area (Å²) in [6, 6.07) is 20.4. The van der Waals surface area contributed by atoms with Gasteiger partial charge in [0, 0.05) is 13.1 Å². The van der Waals surface area contributed by atoms with Crippen LogP contribution in [-0.2, 0) is 4.74 Å². The molecule has 0 bridgehead atoms. The summed E-state index contributed by atoms with van der Waals surface area (Å²) < 4.78 is 7.34. The van der Waals surface area contributed by atoms with Crippen LogP contribution >= 0.6 is 0 Å². The fraction of sp³-hybridized carbons (Fsp3) is 0.278. The minimum absolute atomic E-state index is 0.00491. The number of morpholine rings is 1. The van der Waals surface area contributed by atoms with Gasteiger partial charge in [0.1, 0.15) is 0 Å². The van der Waals surface area contributed by atoms with Crippen molar-refractivity contribution in [1.29, 1.82) is 0 Å². The third kappa shape index (κ3) is 2.93. The molecule has 1 aliphatic rings. The highest BCUT2D eigenvalue weighted by molar-refractivity contribution is 5.33. The van der Waals surface area contributed by atoms with Crippen LogP contribution in [0.3, 0.4) is 0 Å². The Kier molecular flexibility index (Phi) is 4.31. The largest absolute Gasteiger partial charge is 0.379 e. The van der Waals surface area contributed by atoms with Gasteiger partial charge in [0.2, 0.25) is 0 Å².